The second kappa shape index (κ2) is 9.10. The first-order valence-corrected chi connectivity index (χ1v) is 12.9. The van der Waals surface area contributed by atoms with Crippen LogP contribution in [0.3, 0.4) is 0 Å². The van der Waals surface area contributed by atoms with Gasteiger partial charge >= 0.3 is 6.18 Å². The number of nitrogens with one attached hydrogen (secondary N) is 2. The average molecular weight is 558 g/mol. The van der Waals surface area contributed by atoms with E-state index in [0.717, 1.165) is 35.1 Å². The van der Waals surface area contributed by atoms with Crippen LogP contribution in [0.25, 0.3) is 16.9 Å². The lowest BCUT2D eigenvalue weighted by Crippen LogP contribution is -2.38. The summed E-state index contributed by atoms with van der Waals surface area (Å²) in [5.41, 5.74) is -0.000429. The van der Waals surface area contributed by atoms with Crippen molar-refractivity contribution < 1.29 is 22.7 Å². The Morgan fingerprint density at radius 2 is 1.93 bits per heavy atom. The third-order valence-corrected chi connectivity index (χ3v) is 7.65. The van der Waals surface area contributed by atoms with Gasteiger partial charge in [-0.1, -0.05) is 19.9 Å². The van der Waals surface area contributed by atoms with E-state index in [2.05, 4.69) is 39.4 Å². The summed E-state index contributed by atoms with van der Waals surface area (Å²) in [5, 5.41) is 17.0. The molecule has 40 heavy (non-hydrogen) atoms. The van der Waals surface area contributed by atoms with Gasteiger partial charge in [-0.05, 0) is 54.7 Å². The normalized spacial score (nSPS) is 17.9. The third kappa shape index (κ3) is 4.52. The smallest absolute Gasteiger partial charge is 0.383 e. The highest BCUT2D eigenvalue weighted by atomic mass is 19.4. The first-order valence-electron chi connectivity index (χ1n) is 12.9. The van der Waals surface area contributed by atoms with Crippen molar-refractivity contribution in [1.29, 1.82) is 0 Å². The van der Waals surface area contributed by atoms with Gasteiger partial charge in [-0.25, -0.2) is 23.7 Å². The van der Waals surface area contributed by atoms with Gasteiger partial charge in [0, 0.05) is 30.4 Å². The van der Waals surface area contributed by atoms with E-state index in [-0.39, 0.29) is 46.8 Å². The number of halogens is 4. The maximum atomic E-state index is 14.6. The summed E-state index contributed by atoms with van der Waals surface area (Å²) >= 11 is 0. The van der Waals surface area contributed by atoms with Crippen LogP contribution in [0, 0.1) is 5.82 Å². The van der Waals surface area contributed by atoms with Gasteiger partial charge < -0.3 is 15.7 Å². The van der Waals surface area contributed by atoms with E-state index in [1.54, 1.807) is 0 Å². The molecule has 1 aliphatic carbocycles. The topological polar surface area (TPSA) is 110 Å². The van der Waals surface area contributed by atoms with Crippen LogP contribution in [0.4, 0.5) is 29.2 Å². The lowest BCUT2D eigenvalue weighted by molar-refractivity contribution is -0.144. The zero-order valence-electron chi connectivity index (χ0n) is 21.8. The van der Waals surface area contributed by atoms with Crippen LogP contribution in [0.1, 0.15) is 49.9 Å². The maximum absolute atomic E-state index is 14.6. The summed E-state index contributed by atoms with van der Waals surface area (Å²) in [7, 11) is 0. The number of hydrogen-bond acceptors (Lipinski definition) is 7. The van der Waals surface area contributed by atoms with E-state index in [0.29, 0.717) is 23.3 Å². The van der Waals surface area contributed by atoms with Crippen LogP contribution >= 0.6 is 0 Å². The molecule has 0 saturated heterocycles. The lowest BCUT2D eigenvalue weighted by Gasteiger charge is -2.36. The maximum Gasteiger partial charge on any atom is 0.408 e. The number of nitrogens with zero attached hydrogens (tertiary/aromatic N) is 5. The summed E-state index contributed by atoms with van der Waals surface area (Å²) in [6, 6.07) is 8.01. The number of rotatable bonds is 5. The second-order valence-electron chi connectivity index (χ2n) is 11.1. The summed E-state index contributed by atoms with van der Waals surface area (Å²) < 4.78 is 56.7. The highest BCUT2D eigenvalue weighted by Gasteiger charge is 2.40. The van der Waals surface area contributed by atoms with Crippen molar-refractivity contribution in [3.8, 4) is 5.82 Å². The molecule has 0 unspecified atom stereocenters. The third-order valence-electron chi connectivity index (χ3n) is 7.65. The molecule has 6 rings (SSSR count). The van der Waals surface area contributed by atoms with E-state index < -0.39 is 29.7 Å². The van der Waals surface area contributed by atoms with Crippen molar-refractivity contribution in [3.05, 3.63) is 69.5 Å². The minimum absolute atomic E-state index is 0.0490. The number of aromatic nitrogens is 5. The predicted molar refractivity (Wildman–Crippen MR) is 139 cm³/mol. The number of aliphatic hydroxyl groups is 1. The molecule has 0 amide bonds. The fourth-order valence-corrected chi connectivity index (χ4v) is 5.47. The lowest BCUT2D eigenvalue weighted by atomic mass is 9.77. The van der Waals surface area contributed by atoms with E-state index in [4.69, 9.17) is 0 Å². The Bertz CT molecular complexity index is 1690. The Kier molecular flexibility index (Phi) is 6.00. The predicted octanol–water partition coefficient (Wildman–Crippen LogP) is 4.17. The molecule has 0 bridgehead atoms. The van der Waals surface area contributed by atoms with Gasteiger partial charge in [0.05, 0.1) is 0 Å². The molecule has 1 fully saturated rings. The largest absolute Gasteiger partial charge is 0.408 e. The molecule has 1 saturated carbocycles. The Morgan fingerprint density at radius 3 is 2.62 bits per heavy atom. The van der Waals surface area contributed by atoms with Crippen LogP contribution in [0.15, 0.2) is 41.3 Å². The molecule has 0 spiro atoms. The van der Waals surface area contributed by atoms with Crippen molar-refractivity contribution >= 4 is 22.7 Å². The SMILES string of the molecule is CC1(C)CNCc2cc(Nc3ncc4c(=O)n(CC(F)(F)F)n(-c5ccc(F)c(C6(O)CCC6)n5)c4n3)ccc21. The van der Waals surface area contributed by atoms with E-state index in [1.807, 2.05) is 18.2 Å². The van der Waals surface area contributed by atoms with E-state index in [9.17, 15) is 27.5 Å². The van der Waals surface area contributed by atoms with Crippen molar-refractivity contribution in [2.45, 2.75) is 63.4 Å². The molecule has 4 heterocycles. The number of benzene rings is 1. The molecule has 210 valence electrons. The number of anilines is 2. The Morgan fingerprint density at radius 1 is 1.15 bits per heavy atom. The van der Waals surface area contributed by atoms with E-state index >= 15 is 0 Å². The zero-order valence-corrected chi connectivity index (χ0v) is 21.8. The Hall–Kier alpha value is -3.84. The Labute approximate surface area is 225 Å². The number of fused-ring (bicyclic) bond motifs is 2. The van der Waals surface area contributed by atoms with Gasteiger partial charge in [0.25, 0.3) is 5.56 Å². The summed E-state index contributed by atoms with van der Waals surface area (Å²) in [6.45, 7) is 4.18. The number of alkyl halides is 3. The molecule has 0 radical (unpaired) electrons. The average Bonchev–Trinajstić information content (AvgIpc) is 3.12. The fourth-order valence-electron chi connectivity index (χ4n) is 5.47. The highest BCUT2D eigenvalue weighted by molar-refractivity contribution is 5.77. The number of hydrogen-bond donors (Lipinski definition) is 3. The van der Waals surface area contributed by atoms with Crippen LogP contribution < -0.4 is 16.2 Å². The molecule has 3 N–H and O–H groups in total. The first-order chi connectivity index (χ1) is 18.8. The Balaban J connectivity index is 1.47. The van der Waals surface area contributed by atoms with Gasteiger partial charge in [0.2, 0.25) is 5.95 Å². The molecule has 2 aliphatic rings. The van der Waals surface area contributed by atoms with Crippen LogP contribution in [0.2, 0.25) is 0 Å². The summed E-state index contributed by atoms with van der Waals surface area (Å²) in [5.74, 6) is -0.914. The standard InChI is InChI=1S/C27H27F4N7O2/c1-25(2)13-32-11-15-10-16(4-5-18(15)25)34-24-33-12-17-22(36-24)38(37(23(17)39)14-27(29,30)31)20-7-6-19(28)21(35-20)26(40)8-3-9-26/h4-7,10,12,32,40H,3,8-9,11,13-14H2,1-2H3,(H,33,34,36). The molecule has 3 aromatic heterocycles. The quantitative estimate of drug-likeness (QED) is 0.316. The zero-order chi connectivity index (χ0) is 28.4. The van der Waals surface area contributed by atoms with Crippen molar-refractivity contribution in [2.24, 2.45) is 0 Å². The molecule has 1 aliphatic heterocycles. The van der Waals surface area contributed by atoms with Gasteiger partial charge in [0.1, 0.15) is 29.0 Å². The van der Waals surface area contributed by atoms with Gasteiger partial charge in [0.15, 0.2) is 11.5 Å². The summed E-state index contributed by atoms with van der Waals surface area (Å²) in [4.78, 5) is 25.8. The van der Waals surface area contributed by atoms with Crippen molar-refractivity contribution in [2.75, 3.05) is 11.9 Å². The highest BCUT2D eigenvalue weighted by Crippen LogP contribution is 2.41. The number of pyridine rings is 1. The molecule has 1 aromatic carbocycles. The van der Waals surface area contributed by atoms with Crippen molar-refractivity contribution in [3.63, 3.8) is 0 Å². The second-order valence-corrected chi connectivity index (χ2v) is 11.1. The molecular weight excluding hydrogens is 530 g/mol. The molecule has 4 aromatic rings. The molecular formula is C27H27F4N7O2. The van der Waals surface area contributed by atoms with Crippen LogP contribution in [-0.4, -0.2) is 42.1 Å². The minimum atomic E-state index is -4.75. The molecule has 0 atom stereocenters. The fraction of sp³-hybridized carbons (Fsp3) is 0.407. The van der Waals surface area contributed by atoms with Crippen molar-refractivity contribution in [1.82, 2.24) is 29.6 Å². The minimum Gasteiger partial charge on any atom is -0.383 e. The van der Waals surface area contributed by atoms with E-state index in [1.165, 1.54) is 5.56 Å². The van der Waals surface area contributed by atoms with Gasteiger partial charge in [-0.3, -0.25) is 4.79 Å². The summed E-state index contributed by atoms with van der Waals surface area (Å²) in [6.07, 6.45) is -2.39. The monoisotopic (exact) mass is 557 g/mol. The van der Waals surface area contributed by atoms with Gasteiger partial charge in [-0.2, -0.15) is 18.2 Å². The van der Waals surface area contributed by atoms with Crippen LogP contribution in [-0.2, 0) is 24.1 Å². The van der Waals surface area contributed by atoms with Gasteiger partial charge in [-0.15, -0.1) is 0 Å². The van der Waals surface area contributed by atoms with Crippen LogP contribution in [0.5, 0.6) is 0 Å². The molecule has 9 nitrogen and oxygen atoms in total. The molecule has 13 heteroatoms. The first kappa shape index (κ1) is 26.4.